The molecule has 2 fully saturated rings. The molecule has 150 valence electrons. The highest BCUT2D eigenvalue weighted by atomic mass is 16.5. The van der Waals surface area contributed by atoms with Gasteiger partial charge >= 0.3 is 0 Å². The van der Waals surface area contributed by atoms with Gasteiger partial charge in [0, 0.05) is 39.0 Å². The van der Waals surface area contributed by atoms with Crippen molar-refractivity contribution in [2.75, 3.05) is 51.4 Å². The molecule has 2 aliphatic rings. The summed E-state index contributed by atoms with van der Waals surface area (Å²) in [6, 6.07) is 9.01. The van der Waals surface area contributed by atoms with E-state index in [9.17, 15) is 0 Å². The minimum Gasteiger partial charge on any atom is -0.377 e. The summed E-state index contributed by atoms with van der Waals surface area (Å²) in [5.74, 6) is 0.801. The second kappa shape index (κ2) is 10.5. The third kappa shape index (κ3) is 6.11. The van der Waals surface area contributed by atoms with Gasteiger partial charge in [-0.15, -0.1) is 0 Å². The van der Waals surface area contributed by atoms with Gasteiger partial charge in [0.25, 0.3) is 0 Å². The van der Waals surface area contributed by atoms with E-state index in [-0.39, 0.29) is 12.1 Å². The van der Waals surface area contributed by atoms with Crippen molar-refractivity contribution < 1.29 is 9.47 Å². The van der Waals surface area contributed by atoms with Crippen LogP contribution in [0.2, 0.25) is 0 Å². The Bertz CT molecular complexity index is 596. The van der Waals surface area contributed by atoms with E-state index in [0.717, 1.165) is 32.0 Å². The molecule has 0 radical (unpaired) electrons. The van der Waals surface area contributed by atoms with E-state index in [2.05, 4.69) is 51.7 Å². The minimum absolute atomic E-state index is 0.187. The van der Waals surface area contributed by atoms with Crippen LogP contribution in [0.15, 0.2) is 29.3 Å². The first-order valence-corrected chi connectivity index (χ1v) is 10.3. The van der Waals surface area contributed by atoms with E-state index in [1.165, 1.54) is 37.2 Å². The van der Waals surface area contributed by atoms with E-state index < -0.39 is 0 Å². The third-order valence-electron chi connectivity index (χ3n) is 5.28. The maximum absolute atomic E-state index is 5.70. The summed E-state index contributed by atoms with van der Waals surface area (Å²) in [6.07, 6.45) is 5.14. The van der Waals surface area contributed by atoms with Crippen LogP contribution in [0.5, 0.6) is 0 Å². The molecule has 0 spiro atoms. The molecule has 6 nitrogen and oxygen atoms in total. The van der Waals surface area contributed by atoms with Gasteiger partial charge in [-0.05, 0) is 50.3 Å². The zero-order chi connectivity index (χ0) is 18.9. The van der Waals surface area contributed by atoms with Gasteiger partial charge < -0.3 is 25.0 Å². The molecule has 2 N–H and O–H groups in total. The average molecular weight is 375 g/mol. The predicted molar refractivity (Wildman–Crippen MR) is 111 cm³/mol. The average Bonchev–Trinajstić information content (AvgIpc) is 3.41. The lowest BCUT2D eigenvalue weighted by Gasteiger charge is -2.22. The Morgan fingerprint density at radius 2 is 2.19 bits per heavy atom. The van der Waals surface area contributed by atoms with Crippen LogP contribution in [-0.2, 0) is 9.47 Å². The quantitative estimate of drug-likeness (QED) is 0.416. The first-order valence-electron chi connectivity index (χ1n) is 10.3. The van der Waals surface area contributed by atoms with Crippen molar-refractivity contribution in [3.63, 3.8) is 0 Å². The van der Waals surface area contributed by atoms with Crippen molar-refractivity contribution in [3.8, 4) is 0 Å². The predicted octanol–water partition coefficient (Wildman–Crippen LogP) is 2.71. The number of rotatable bonds is 8. The standard InChI is InChI=1S/C21H34N4O2/c1-17(18-7-5-8-19(15-18)25-11-3-4-12-25)24-21(22-2)23-10-14-26-16-20-9-6-13-27-20/h5,7-8,15,17,20H,3-4,6,9-14,16H2,1-2H3,(H2,22,23,24). The van der Waals surface area contributed by atoms with Crippen LogP contribution in [0.4, 0.5) is 5.69 Å². The molecule has 2 aliphatic heterocycles. The van der Waals surface area contributed by atoms with Crippen molar-refractivity contribution in [2.24, 2.45) is 4.99 Å². The Balaban J connectivity index is 1.41. The molecule has 2 saturated heterocycles. The lowest BCUT2D eigenvalue weighted by Crippen LogP contribution is -2.40. The number of hydrogen-bond acceptors (Lipinski definition) is 4. The number of benzene rings is 1. The fraction of sp³-hybridized carbons (Fsp3) is 0.667. The lowest BCUT2D eigenvalue weighted by atomic mass is 10.1. The number of nitrogens with zero attached hydrogens (tertiary/aromatic N) is 2. The number of nitrogens with one attached hydrogen (secondary N) is 2. The van der Waals surface area contributed by atoms with Crippen molar-refractivity contribution in [3.05, 3.63) is 29.8 Å². The Labute approximate surface area is 163 Å². The van der Waals surface area contributed by atoms with E-state index in [4.69, 9.17) is 9.47 Å². The molecule has 2 heterocycles. The summed E-state index contributed by atoms with van der Waals surface area (Å²) >= 11 is 0. The Morgan fingerprint density at radius 1 is 1.33 bits per heavy atom. The van der Waals surface area contributed by atoms with Crippen molar-refractivity contribution in [1.82, 2.24) is 10.6 Å². The second-order valence-corrected chi connectivity index (χ2v) is 7.36. The molecule has 3 rings (SSSR count). The maximum atomic E-state index is 5.70. The number of aliphatic imine (C=N–C) groups is 1. The number of hydrogen-bond donors (Lipinski definition) is 2. The smallest absolute Gasteiger partial charge is 0.191 e. The van der Waals surface area contributed by atoms with Gasteiger partial charge in [0.05, 0.1) is 25.4 Å². The molecule has 1 aromatic rings. The summed E-state index contributed by atoms with van der Waals surface area (Å²) < 4.78 is 11.3. The third-order valence-corrected chi connectivity index (χ3v) is 5.28. The highest BCUT2D eigenvalue weighted by Crippen LogP contribution is 2.23. The molecule has 6 heteroatoms. The van der Waals surface area contributed by atoms with E-state index >= 15 is 0 Å². The van der Waals surface area contributed by atoms with Gasteiger partial charge in [0.1, 0.15) is 0 Å². The fourth-order valence-corrected chi connectivity index (χ4v) is 3.68. The summed E-state index contributed by atoms with van der Waals surface area (Å²) in [7, 11) is 1.80. The maximum Gasteiger partial charge on any atom is 0.191 e. The minimum atomic E-state index is 0.187. The van der Waals surface area contributed by atoms with Crippen LogP contribution in [-0.4, -0.2) is 58.6 Å². The molecule has 0 amide bonds. The molecule has 0 saturated carbocycles. The van der Waals surface area contributed by atoms with Crippen LogP contribution in [0.3, 0.4) is 0 Å². The summed E-state index contributed by atoms with van der Waals surface area (Å²) in [6.45, 7) is 7.45. The Hall–Kier alpha value is -1.79. The molecule has 27 heavy (non-hydrogen) atoms. The molecule has 0 aromatic heterocycles. The van der Waals surface area contributed by atoms with Crippen molar-refractivity contribution in [1.29, 1.82) is 0 Å². The Morgan fingerprint density at radius 3 is 2.93 bits per heavy atom. The normalized spacial score (nSPS) is 21.5. The van der Waals surface area contributed by atoms with Gasteiger partial charge in [-0.3, -0.25) is 4.99 Å². The summed E-state index contributed by atoms with van der Waals surface area (Å²) in [4.78, 5) is 6.80. The molecule has 2 atom stereocenters. The van der Waals surface area contributed by atoms with Crippen LogP contribution < -0.4 is 15.5 Å². The number of guanidine groups is 1. The van der Waals surface area contributed by atoms with Gasteiger partial charge in [-0.2, -0.15) is 0 Å². The number of anilines is 1. The molecular formula is C21H34N4O2. The SMILES string of the molecule is CN=C(NCCOCC1CCCO1)NC(C)c1cccc(N2CCCC2)c1. The van der Waals surface area contributed by atoms with Gasteiger partial charge in [0.15, 0.2) is 5.96 Å². The lowest BCUT2D eigenvalue weighted by molar-refractivity contribution is 0.0191. The van der Waals surface area contributed by atoms with Gasteiger partial charge in [-0.1, -0.05) is 12.1 Å². The zero-order valence-electron chi connectivity index (χ0n) is 16.7. The van der Waals surface area contributed by atoms with E-state index in [1.807, 2.05) is 0 Å². The molecule has 2 unspecified atom stereocenters. The molecule has 0 aliphatic carbocycles. The van der Waals surface area contributed by atoms with Crippen molar-refractivity contribution >= 4 is 11.6 Å². The Kier molecular flexibility index (Phi) is 7.78. The van der Waals surface area contributed by atoms with Crippen molar-refractivity contribution in [2.45, 2.75) is 44.8 Å². The first kappa shape index (κ1) is 20.0. The van der Waals surface area contributed by atoms with Crippen LogP contribution >= 0.6 is 0 Å². The largest absolute Gasteiger partial charge is 0.377 e. The van der Waals surface area contributed by atoms with E-state index in [1.54, 1.807) is 7.05 Å². The molecular weight excluding hydrogens is 340 g/mol. The van der Waals surface area contributed by atoms with Crippen LogP contribution in [0, 0.1) is 0 Å². The highest BCUT2D eigenvalue weighted by Gasteiger charge is 2.16. The topological polar surface area (TPSA) is 58.1 Å². The van der Waals surface area contributed by atoms with Crippen LogP contribution in [0.1, 0.15) is 44.2 Å². The zero-order valence-corrected chi connectivity index (χ0v) is 16.7. The van der Waals surface area contributed by atoms with Gasteiger partial charge in [-0.25, -0.2) is 0 Å². The number of ether oxygens (including phenoxy) is 2. The van der Waals surface area contributed by atoms with E-state index in [0.29, 0.717) is 13.2 Å². The molecule has 0 bridgehead atoms. The van der Waals surface area contributed by atoms with Gasteiger partial charge in [0.2, 0.25) is 0 Å². The molecule has 1 aromatic carbocycles. The summed E-state index contributed by atoms with van der Waals surface area (Å²) in [5, 5.41) is 6.80. The monoisotopic (exact) mass is 374 g/mol. The van der Waals surface area contributed by atoms with Crippen LogP contribution in [0.25, 0.3) is 0 Å². The summed E-state index contributed by atoms with van der Waals surface area (Å²) in [5.41, 5.74) is 2.60. The highest BCUT2D eigenvalue weighted by molar-refractivity contribution is 5.80. The first-order chi connectivity index (χ1) is 13.3. The fourth-order valence-electron chi connectivity index (χ4n) is 3.68. The second-order valence-electron chi connectivity index (χ2n) is 7.36.